The van der Waals surface area contributed by atoms with Gasteiger partial charge in [-0.2, -0.15) is 0 Å². The highest BCUT2D eigenvalue weighted by molar-refractivity contribution is 8.00. The molecule has 0 saturated carbocycles. The number of benzene rings is 2. The number of fused-ring (bicyclic) bond motifs is 1. The quantitative estimate of drug-likeness (QED) is 0.576. The zero-order chi connectivity index (χ0) is 25.7. The van der Waals surface area contributed by atoms with Crippen molar-refractivity contribution in [3.63, 3.8) is 0 Å². The van der Waals surface area contributed by atoms with Gasteiger partial charge in [-0.25, -0.2) is 0 Å². The molecule has 1 saturated heterocycles. The van der Waals surface area contributed by atoms with Crippen LogP contribution in [0.4, 0.5) is 5.69 Å². The van der Waals surface area contributed by atoms with E-state index >= 15 is 0 Å². The first kappa shape index (κ1) is 26.8. The molecule has 1 N–H and O–H groups in total. The molecule has 0 bridgehead atoms. The van der Waals surface area contributed by atoms with Gasteiger partial charge in [0.25, 0.3) is 5.91 Å². The predicted molar refractivity (Wildman–Crippen MR) is 144 cm³/mol. The highest BCUT2D eigenvalue weighted by Gasteiger charge is 2.38. The lowest BCUT2D eigenvalue weighted by molar-refractivity contribution is -0.132. The summed E-state index contributed by atoms with van der Waals surface area (Å²) in [6, 6.07) is 12.8. The molecule has 2 aromatic carbocycles. The molecule has 0 spiro atoms. The monoisotopic (exact) mass is 531 g/mol. The minimum Gasteiger partial charge on any atom is -0.497 e. The summed E-state index contributed by atoms with van der Waals surface area (Å²) in [7, 11) is 3.49. The molecule has 0 radical (unpaired) electrons. The van der Waals surface area contributed by atoms with E-state index in [0.29, 0.717) is 36.1 Å². The number of nitrogens with zero attached hydrogens (tertiary/aromatic N) is 3. The third-order valence-corrected chi connectivity index (χ3v) is 8.68. The first-order valence-electron chi connectivity index (χ1n) is 12.4. The Morgan fingerprint density at radius 1 is 1.14 bits per heavy atom. The number of hydrogen-bond acceptors (Lipinski definition) is 6. The average Bonchev–Trinajstić information content (AvgIpc) is 3.22. The van der Waals surface area contributed by atoms with Gasteiger partial charge in [-0.3, -0.25) is 14.5 Å². The number of anilines is 1. The Labute approximate surface area is 222 Å². The van der Waals surface area contributed by atoms with Crippen LogP contribution in [0.25, 0.3) is 0 Å². The molecule has 0 aromatic heterocycles. The minimum absolute atomic E-state index is 0.125. The Morgan fingerprint density at radius 3 is 2.50 bits per heavy atom. The number of likely N-dealkylation sites (tertiary alicyclic amines) is 1. The number of rotatable bonds is 7. The van der Waals surface area contributed by atoms with Crippen LogP contribution in [0.3, 0.4) is 0 Å². The maximum absolute atomic E-state index is 13.5. The molecule has 2 aliphatic rings. The van der Waals surface area contributed by atoms with Crippen LogP contribution in [0.15, 0.2) is 47.4 Å². The van der Waals surface area contributed by atoms with Crippen molar-refractivity contribution in [2.24, 2.45) is 0 Å². The lowest BCUT2D eigenvalue weighted by Crippen LogP contribution is -2.45. The highest BCUT2D eigenvalue weighted by atomic mass is 35.5. The number of ether oxygens (including phenoxy) is 1. The molecule has 0 aliphatic carbocycles. The summed E-state index contributed by atoms with van der Waals surface area (Å²) in [5.74, 6) is 0.452. The summed E-state index contributed by atoms with van der Waals surface area (Å²) in [5.41, 5.74) is 1.49. The Hall–Kier alpha value is -2.26. The van der Waals surface area contributed by atoms with E-state index in [2.05, 4.69) is 0 Å². The second-order valence-corrected chi connectivity index (χ2v) is 10.9. The van der Waals surface area contributed by atoms with Crippen LogP contribution in [0.2, 0.25) is 5.02 Å². The molecule has 194 valence electrons. The van der Waals surface area contributed by atoms with Gasteiger partial charge in [-0.15, -0.1) is 11.8 Å². The van der Waals surface area contributed by atoms with E-state index in [1.807, 2.05) is 53.2 Å². The summed E-state index contributed by atoms with van der Waals surface area (Å²) >= 11 is 7.98. The zero-order valence-corrected chi connectivity index (χ0v) is 22.4. The molecule has 36 heavy (non-hydrogen) atoms. The maximum atomic E-state index is 13.5. The Kier molecular flexibility index (Phi) is 9.17. The Morgan fingerprint density at radius 2 is 1.83 bits per heavy atom. The lowest BCUT2D eigenvalue weighted by Gasteiger charge is -2.28. The van der Waals surface area contributed by atoms with Gasteiger partial charge in [0, 0.05) is 26.2 Å². The van der Waals surface area contributed by atoms with Crippen molar-refractivity contribution in [3.8, 4) is 5.75 Å². The van der Waals surface area contributed by atoms with Crippen LogP contribution in [-0.4, -0.2) is 79.7 Å². The van der Waals surface area contributed by atoms with Gasteiger partial charge < -0.3 is 19.6 Å². The predicted octanol–water partition coefficient (Wildman–Crippen LogP) is 4.22. The smallest absolute Gasteiger partial charge is 0.257 e. The molecule has 2 amide bonds. The molecule has 7 nitrogen and oxygen atoms in total. The van der Waals surface area contributed by atoms with Gasteiger partial charge in [0.15, 0.2) is 0 Å². The first-order valence-corrected chi connectivity index (χ1v) is 13.7. The molecular formula is C27H34ClN3O4S. The number of methoxy groups -OCH3 is 1. The van der Waals surface area contributed by atoms with E-state index in [1.54, 1.807) is 18.1 Å². The average molecular weight is 532 g/mol. The molecule has 2 aromatic rings. The van der Waals surface area contributed by atoms with Crippen molar-refractivity contribution in [2.45, 2.75) is 41.9 Å². The van der Waals surface area contributed by atoms with E-state index in [-0.39, 0.29) is 11.8 Å². The molecular weight excluding hydrogens is 498 g/mol. The molecule has 2 aliphatic heterocycles. The standard InChI is InChI=1S/C27H34ClN3O4S/c1-29(18-23(32)30-14-5-3-4-6-15-30)16-17-31-22-9-7-8-21(28)26(22)36-25(24(33)27(31)34)19-10-12-20(35-2)13-11-19/h7-13,24-25,33H,3-6,14-18H2,1-2H3. The third kappa shape index (κ3) is 6.17. The van der Waals surface area contributed by atoms with Gasteiger partial charge in [0.05, 0.1) is 34.5 Å². The van der Waals surface area contributed by atoms with Crippen LogP contribution in [-0.2, 0) is 9.59 Å². The fourth-order valence-electron chi connectivity index (χ4n) is 4.70. The Balaban J connectivity index is 1.50. The molecule has 2 atom stereocenters. The van der Waals surface area contributed by atoms with Crippen LogP contribution in [0.1, 0.15) is 36.5 Å². The molecule has 4 rings (SSSR count). The number of thioether (sulfide) groups is 1. The summed E-state index contributed by atoms with van der Waals surface area (Å²) in [4.78, 5) is 32.6. The SMILES string of the molecule is COc1ccc(C2Sc3c(Cl)cccc3N(CCN(C)CC(=O)N3CCCCCC3)C(=O)C2O)cc1. The van der Waals surface area contributed by atoms with Crippen molar-refractivity contribution in [1.82, 2.24) is 9.80 Å². The lowest BCUT2D eigenvalue weighted by atomic mass is 10.1. The fourth-order valence-corrected chi connectivity index (χ4v) is 6.28. The molecule has 2 unspecified atom stereocenters. The van der Waals surface area contributed by atoms with Crippen molar-refractivity contribution < 1.29 is 19.4 Å². The van der Waals surface area contributed by atoms with Gasteiger partial charge >= 0.3 is 0 Å². The van der Waals surface area contributed by atoms with E-state index in [1.165, 1.54) is 24.6 Å². The number of likely N-dealkylation sites (N-methyl/N-ethyl adjacent to an activating group) is 1. The van der Waals surface area contributed by atoms with E-state index in [9.17, 15) is 14.7 Å². The number of carbonyl (C=O) groups is 2. The summed E-state index contributed by atoms with van der Waals surface area (Å²) in [5, 5.41) is 11.2. The number of carbonyl (C=O) groups excluding carboxylic acids is 2. The Bertz CT molecular complexity index is 1060. The largest absolute Gasteiger partial charge is 0.497 e. The third-order valence-electron chi connectivity index (χ3n) is 6.80. The topological polar surface area (TPSA) is 73.3 Å². The number of amides is 2. The summed E-state index contributed by atoms with van der Waals surface area (Å²) < 4.78 is 5.25. The second-order valence-electron chi connectivity index (χ2n) is 9.37. The van der Waals surface area contributed by atoms with Crippen LogP contribution < -0.4 is 9.64 Å². The summed E-state index contributed by atoms with van der Waals surface area (Å²) in [6.45, 7) is 2.76. The normalized spacial score (nSPS) is 20.6. The van der Waals surface area contributed by atoms with Gasteiger partial charge in [-0.1, -0.05) is 42.6 Å². The van der Waals surface area contributed by atoms with Crippen LogP contribution in [0, 0.1) is 0 Å². The zero-order valence-electron chi connectivity index (χ0n) is 20.9. The first-order chi connectivity index (χ1) is 17.4. The fraction of sp³-hybridized carbons (Fsp3) is 0.481. The number of hydrogen-bond donors (Lipinski definition) is 1. The number of halogens is 1. The van der Waals surface area contributed by atoms with E-state index in [4.69, 9.17) is 16.3 Å². The second kappa shape index (κ2) is 12.3. The van der Waals surface area contributed by atoms with Gasteiger partial charge in [0.2, 0.25) is 5.91 Å². The summed E-state index contributed by atoms with van der Waals surface area (Å²) in [6.07, 6.45) is 3.21. The van der Waals surface area contributed by atoms with Crippen molar-refractivity contribution in [3.05, 3.63) is 53.1 Å². The van der Waals surface area contributed by atoms with Crippen molar-refractivity contribution in [1.29, 1.82) is 0 Å². The molecule has 9 heteroatoms. The van der Waals surface area contributed by atoms with Crippen LogP contribution >= 0.6 is 23.4 Å². The van der Waals surface area contributed by atoms with Crippen molar-refractivity contribution in [2.75, 3.05) is 51.8 Å². The molecule has 2 heterocycles. The van der Waals surface area contributed by atoms with E-state index < -0.39 is 11.4 Å². The highest BCUT2D eigenvalue weighted by Crippen LogP contribution is 2.48. The number of aliphatic hydroxyl groups is 1. The van der Waals surface area contributed by atoms with E-state index in [0.717, 1.165) is 36.4 Å². The van der Waals surface area contributed by atoms with Gasteiger partial charge in [0.1, 0.15) is 11.9 Å². The molecule has 1 fully saturated rings. The number of aliphatic hydroxyl groups excluding tert-OH is 1. The van der Waals surface area contributed by atoms with Crippen molar-refractivity contribution >= 4 is 40.9 Å². The minimum atomic E-state index is -1.25. The van der Waals surface area contributed by atoms with Crippen LogP contribution in [0.5, 0.6) is 5.75 Å². The van der Waals surface area contributed by atoms with Gasteiger partial charge in [-0.05, 0) is 49.7 Å². The maximum Gasteiger partial charge on any atom is 0.257 e.